The summed E-state index contributed by atoms with van der Waals surface area (Å²) in [5.41, 5.74) is 1.26. The van der Waals surface area contributed by atoms with Crippen LogP contribution in [0.4, 0.5) is 0 Å². The number of ether oxygens (including phenoxy) is 1. The van der Waals surface area contributed by atoms with Crippen molar-refractivity contribution in [3.05, 3.63) is 29.3 Å². The van der Waals surface area contributed by atoms with Crippen molar-refractivity contribution in [3.8, 4) is 5.75 Å². The number of aryl methyl sites for hydroxylation is 1. The highest BCUT2D eigenvalue weighted by Crippen LogP contribution is 2.22. The van der Waals surface area contributed by atoms with Gasteiger partial charge in [-0.15, -0.1) is 0 Å². The fourth-order valence-electron chi connectivity index (χ4n) is 2.03. The Balaban J connectivity index is 2.70. The summed E-state index contributed by atoms with van der Waals surface area (Å²) in [6, 6.07) is 5.21. The van der Waals surface area contributed by atoms with Gasteiger partial charge in [0.1, 0.15) is 11.3 Å². The second-order valence-electron chi connectivity index (χ2n) is 5.03. The number of unbranched alkanes of at least 4 members (excludes halogenated alkanes) is 1. The Morgan fingerprint density at radius 1 is 1.37 bits per heavy atom. The number of rotatable bonds is 8. The first kappa shape index (κ1) is 15.5. The predicted molar refractivity (Wildman–Crippen MR) is 76.9 cm³/mol. The zero-order valence-corrected chi connectivity index (χ0v) is 12.1. The number of benzene rings is 1. The Morgan fingerprint density at radius 3 is 2.68 bits per heavy atom. The maximum Gasteiger partial charge on any atom is 0.339 e. The molecule has 0 fully saturated rings. The van der Waals surface area contributed by atoms with Crippen LogP contribution in [-0.4, -0.2) is 17.7 Å². The van der Waals surface area contributed by atoms with Crippen LogP contribution in [0, 0.1) is 12.8 Å². The molecule has 1 N–H and O–H groups in total. The first-order valence-electron chi connectivity index (χ1n) is 7.05. The van der Waals surface area contributed by atoms with Crippen LogP contribution in [0.3, 0.4) is 0 Å². The second-order valence-corrected chi connectivity index (χ2v) is 5.03. The lowest BCUT2D eigenvalue weighted by atomic mass is 10.0. The van der Waals surface area contributed by atoms with E-state index in [-0.39, 0.29) is 5.56 Å². The molecule has 3 heteroatoms. The van der Waals surface area contributed by atoms with E-state index in [1.165, 1.54) is 12.8 Å². The summed E-state index contributed by atoms with van der Waals surface area (Å²) in [4.78, 5) is 11.1. The summed E-state index contributed by atoms with van der Waals surface area (Å²) < 4.78 is 5.75. The molecule has 0 aromatic heterocycles. The van der Waals surface area contributed by atoms with Crippen LogP contribution in [-0.2, 0) is 0 Å². The molecule has 0 saturated heterocycles. The van der Waals surface area contributed by atoms with Gasteiger partial charge in [0.25, 0.3) is 0 Å². The van der Waals surface area contributed by atoms with Crippen molar-refractivity contribution in [2.75, 3.05) is 6.61 Å². The van der Waals surface area contributed by atoms with Gasteiger partial charge in [0, 0.05) is 0 Å². The van der Waals surface area contributed by atoms with Crippen LogP contribution in [0.25, 0.3) is 0 Å². The van der Waals surface area contributed by atoms with E-state index in [9.17, 15) is 4.79 Å². The van der Waals surface area contributed by atoms with Crippen molar-refractivity contribution in [3.63, 3.8) is 0 Å². The van der Waals surface area contributed by atoms with Crippen LogP contribution < -0.4 is 4.74 Å². The Bertz CT molecular complexity index is 412. The molecule has 0 saturated carbocycles. The SMILES string of the molecule is CCCCC(CC)COc1cc(C)ccc1C(=O)O. The average Bonchev–Trinajstić information content (AvgIpc) is 2.38. The minimum Gasteiger partial charge on any atom is -0.492 e. The average molecular weight is 264 g/mol. The lowest BCUT2D eigenvalue weighted by Gasteiger charge is -2.17. The maximum atomic E-state index is 11.1. The van der Waals surface area contributed by atoms with Gasteiger partial charge in [0.05, 0.1) is 6.61 Å². The molecule has 19 heavy (non-hydrogen) atoms. The van der Waals surface area contributed by atoms with Crippen LogP contribution in [0.2, 0.25) is 0 Å². The van der Waals surface area contributed by atoms with E-state index >= 15 is 0 Å². The van der Waals surface area contributed by atoms with Crippen LogP contribution in [0.1, 0.15) is 55.5 Å². The van der Waals surface area contributed by atoms with E-state index in [4.69, 9.17) is 9.84 Å². The smallest absolute Gasteiger partial charge is 0.339 e. The topological polar surface area (TPSA) is 46.5 Å². The van der Waals surface area contributed by atoms with Gasteiger partial charge < -0.3 is 9.84 Å². The molecule has 1 rings (SSSR count). The van der Waals surface area contributed by atoms with Gasteiger partial charge in [-0.1, -0.05) is 39.2 Å². The van der Waals surface area contributed by atoms with Gasteiger partial charge in [-0.3, -0.25) is 0 Å². The number of carbonyl (C=O) groups is 1. The maximum absolute atomic E-state index is 11.1. The van der Waals surface area contributed by atoms with Gasteiger partial charge in [0.2, 0.25) is 0 Å². The number of carboxylic acids is 1. The normalized spacial score (nSPS) is 12.2. The third-order valence-electron chi connectivity index (χ3n) is 3.39. The molecule has 0 spiro atoms. The molecule has 0 aliphatic carbocycles. The van der Waals surface area contributed by atoms with E-state index in [1.807, 2.05) is 6.92 Å². The number of aromatic carboxylic acids is 1. The first-order chi connectivity index (χ1) is 9.08. The molecular formula is C16H24O3. The third kappa shape index (κ3) is 4.93. The molecule has 3 nitrogen and oxygen atoms in total. The van der Waals surface area contributed by atoms with Crippen molar-refractivity contribution >= 4 is 5.97 Å². The highest BCUT2D eigenvalue weighted by atomic mass is 16.5. The molecule has 0 aliphatic rings. The quantitative estimate of drug-likeness (QED) is 0.762. The van der Waals surface area contributed by atoms with Gasteiger partial charge in [-0.25, -0.2) is 4.79 Å². The Morgan fingerprint density at radius 2 is 2.11 bits per heavy atom. The van der Waals surface area contributed by atoms with Gasteiger partial charge in [0.15, 0.2) is 0 Å². The fraction of sp³-hybridized carbons (Fsp3) is 0.562. The zero-order chi connectivity index (χ0) is 14.3. The van der Waals surface area contributed by atoms with Crippen molar-refractivity contribution < 1.29 is 14.6 Å². The van der Waals surface area contributed by atoms with Gasteiger partial charge >= 0.3 is 5.97 Å². The van der Waals surface area contributed by atoms with Gasteiger partial charge in [-0.05, 0) is 37.0 Å². The molecule has 0 aliphatic heterocycles. The van der Waals surface area contributed by atoms with Gasteiger partial charge in [-0.2, -0.15) is 0 Å². The molecular weight excluding hydrogens is 240 g/mol. The van der Waals surface area contributed by atoms with Crippen molar-refractivity contribution in [1.29, 1.82) is 0 Å². The molecule has 0 bridgehead atoms. The van der Waals surface area contributed by atoms with Crippen molar-refractivity contribution in [1.82, 2.24) is 0 Å². The molecule has 106 valence electrons. The highest BCUT2D eigenvalue weighted by Gasteiger charge is 2.13. The number of hydrogen-bond donors (Lipinski definition) is 1. The second kappa shape index (κ2) is 7.82. The minimum atomic E-state index is -0.934. The van der Waals surface area contributed by atoms with Crippen LogP contribution >= 0.6 is 0 Å². The molecule has 0 amide bonds. The van der Waals surface area contributed by atoms with E-state index in [2.05, 4.69) is 13.8 Å². The molecule has 0 heterocycles. The van der Waals surface area contributed by atoms with E-state index < -0.39 is 5.97 Å². The number of hydrogen-bond acceptors (Lipinski definition) is 2. The van der Waals surface area contributed by atoms with E-state index in [0.29, 0.717) is 18.3 Å². The monoisotopic (exact) mass is 264 g/mol. The summed E-state index contributed by atoms with van der Waals surface area (Å²) in [6.07, 6.45) is 4.58. The summed E-state index contributed by atoms with van der Waals surface area (Å²) >= 11 is 0. The molecule has 1 atom stereocenters. The minimum absolute atomic E-state index is 0.246. The molecule has 0 radical (unpaired) electrons. The van der Waals surface area contributed by atoms with E-state index in [0.717, 1.165) is 18.4 Å². The molecule has 1 aromatic carbocycles. The third-order valence-corrected chi connectivity index (χ3v) is 3.39. The standard InChI is InChI=1S/C16H24O3/c1-4-6-7-13(5-2)11-19-15-10-12(3)8-9-14(15)16(17)18/h8-10,13H,4-7,11H2,1-3H3,(H,17,18). The summed E-state index contributed by atoms with van der Waals surface area (Å²) in [6.45, 7) is 6.86. The largest absolute Gasteiger partial charge is 0.492 e. The fourth-order valence-corrected chi connectivity index (χ4v) is 2.03. The molecule has 1 unspecified atom stereocenters. The van der Waals surface area contributed by atoms with E-state index in [1.54, 1.807) is 18.2 Å². The lowest BCUT2D eigenvalue weighted by molar-refractivity contribution is 0.0691. The zero-order valence-electron chi connectivity index (χ0n) is 12.1. The molecule has 1 aromatic rings. The van der Waals surface area contributed by atoms with Crippen molar-refractivity contribution in [2.45, 2.75) is 46.5 Å². The summed E-state index contributed by atoms with van der Waals surface area (Å²) in [7, 11) is 0. The summed E-state index contributed by atoms with van der Waals surface area (Å²) in [5, 5.41) is 9.14. The van der Waals surface area contributed by atoms with Crippen molar-refractivity contribution in [2.24, 2.45) is 5.92 Å². The predicted octanol–water partition coefficient (Wildman–Crippen LogP) is 4.29. The Kier molecular flexibility index (Phi) is 6.40. The highest BCUT2D eigenvalue weighted by molar-refractivity contribution is 5.90. The number of carboxylic acid groups (broad SMARTS) is 1. The Hall–Kier alpha value is -1.51. The Labute approximate surface area is 115 Å². The first-order valence-corrected chi connectivity index (χ1v) is 7.05. The summed E-state index contributed by atoms with van der Waals surface area (Å²) in [5.74, 6) is 0.0566. The lowest BCUT2D eigenvalue weighted by Crippen LogP contribution is -2.13. The van der Waals surface area contributed by atoms with Crippen LogP contribution in [0.15, 0.2) is 18.2 Å². The van der Waals surface area contributed by atoms with Crippen LogP contribution in [0.5, 0.6) is 5.75 Å².